The molecule has 3 aromatic carbocycles. The summed E-state index contributed by atoms with van der Waals surface area (Å²) in [6.45, 7) is 5.98. The van der Waals surface area contributed by atoms with Gasteiger partial charge in [-0.2, -0.15) is 17.7 Å². The molecule has 0 aliphatic heterocycles. The van der Waals surface area contributed by atoms with E-state index in [1.54, 1.807) is 79.1 Å². The molecule has 0 unspecified atom stereocenters. The summed E-state index contributed by atoms with van der Waals surface area (Å²) in [5.41, 5.74) is 2.86. The predicted octanol–water partition coefficient (Wildman–Crippen LogP) is 2.48. The van der Waals surface area contributed by atoms with E-state index in [2.05, 4.69) is 16.0 Å². The van der Waals surface area contributed by atoms with Gasteiger partial charge in [-0.05, 0) is 53.9 Å². The van der Waals surface area contributed by atoms with Crippen molar-refractivity contribution in [1.82, 2.24) is 0 Å². The molecule has 7 nitrogen and oxygen atoms in total. The molecule has 0 fully saturated rings. The number of nitrogens with one attached hydrogen (secondary N) is 3. The number of benzene rings is 3. The van der Waals surface area contributed by atoms with Crippen LogP contribution in [0.15, 0.2) is 72.8 Å². The van der Waals surface area contributed by atoms with Crippen LogP contribution in [0.5, 0.6) is 0 Å². The molecule has 3 rings (SSSR count). The summed E-state index contributed by atoms with van der Waals surface area (Å²) in [6, 6.07) is 19.5. The minimum atomic E-state index is -0.315. The van der Waals surface area contributed by atoms with Gasteiger partial charge in [-0.1, -0.05) is 32.9 Å². The van der Waals surface area contributed by atoms with Crippen molar-refractivity contribution in [2.24, 2.45) is 5.41 Å². The Morgan fingerprint density at radius 3 is 1.39 bits per heavy atom. The fourth-order valence-corrected chi connectivity index (χ4v) is 3.12. The molecule has 3 aromatic rings. The van der Waals surface area contributed by atoms with E-state index in [0.29, 0.717) is 40.2 Å². The van der Waals surface area contributed by atoms with Gasteiger partial charge in [0.2, 0.25) is 5.91 Å². The van der Waals surface area contributed by atoms with Crippen molar-refractivity contribution in [3.05, 3.63) is 96.9 Å². The SMILES string of the molecule is CC(C)(C)CC(=O)Nc1ccc(C(=O)Nc2ccc(C(=O)Nc3ccc([C-]=O)cc3)cc2)cc1.[CH3-].[Cs+]. The Morgan fingerprint density at radius 1 is 0.667 bits per heavy atom. The maximum Gasteiger partial charge on any atom is 1.00 e. The summed E-state index contributed by atoms with van der Waals surface area (Å²) in [4.78, 5) is 47.6. The second-order valence-corrected chi connectivity index (χ2v) is 9.03. The molecule has 0 saturated carbocycles. The van der Waals surface area contributed by atoms with Crippen LogP contribution in [0, 0.1) is 12.8 Å². The summed E-state index contributed by atoms with van der Waals surface area (Å²) in [5.74, 6) is -0.702. The molecular weight excluding hydrogens is 575 g/mol. The van der Waals surface area contributed by atoms with E-state index in [1.165, 1.54) is 0 Å². The summed E-state index contributed by atoms with van der Waals surface area (Å²) in [6.07, 6.45) is 2.17. The number of rotatable bonds is 7. The third kappa shape index (κ3) is 10.0. The molecule has 3 N–H and O–H groups in total. The molecule has 0 heterocycles. The predicted molar refractivity (Wildman–Crippen MR) is 139 cm³/mol. The van der Waals surface area contributed by atoms with Crippen LogP contribution in [0.3, 0.4) is 0 Å². The van der Waals surface area contributed by atoms with E-state index in [0.717, 1.165) is 0 Å². The Hall–Kier alpha value is -2.21. The fraction of sp³-hybridized carbons (Fsp3) is 0.179. The first-order valence-corrected chi connectivity index (χ1v) is 10.7. The van der Waals surface area contributed by atoms with Gasteiger partial charge < -0.3 is 28.2 Å². The molecule has 3 amide bonds. The van der Waals surface area contributed by atoms with Gasteiger partial charge in [-0.15, -0.1) is 0 Å². The van der Waals surface area contributed by atoms with Crippen molar-refractivity contribution in [3.63, 3.8) is 0 Å². The number of hydrogen-bond acceptors (Lipinski definition) is 4. The molecule has 0 atom stereocenters. The van der Waals surface area contributed by atoms with Crippen LogP contribution in [0.4, 0.5) is 17.1 Å². The van der Waals surface area contributed by atoms with Crippen LogP contribution in [0.2, 0.25) is 0 Å². The van der Waals surface area contributed by atoms with Crippen LogP contribution in [0.1, 0.15) is 53.5 Å². The quantitative estimate of drug-likeness (QED) is 0.361. The monoisotopic (exact) mass is 604 g/mol. The molecule has 36 heavy (non-hydrogen) atoms. The first-order chi connectivity index (χ1) is 16.1. The molecule has 0 bridgehead atoms. The molecule has 0 aromatic heterocycles. The van der Waals surface area contributed by atoms with Crippen molar-refractivity contribution >= 4 is 41.1 Å². The van der Waals surface area contributed by atoms with Crippen LogP contribution >= 0.6 is 0 Å². The molecule has 0 aliphatic carbocycles. The number of hydrogen-bond donors (Lipinski definition) is 3. The van der Waals surface area contributed by atoms with E-state index in [9.17, 15) is 19.2 Å². The minimum Gasteiger partial charge on any atom is -0.376 e. The Bertz CT molecular complexity index is 1180. The third-order valence-electron chi connectivity index (χ3n) is 4.79. The van der Waals surface area contributed by atoms with Crippen molar-refractivity contribution < 1.29 is 88.1 Å². The van der Waals surface area contributed by atoms with Gasteiger partial charge in [-0.25, -0.2) is 0 Å². The van der Waals surface area contributed by atoms with Crippen LogP contribution in [-0.2, 0) is 9.59 Å². The smallest absolute Gasteiger partial charge is 0.376 e. The zero-order valence-electron chi connectivity index (χ0n) is 21.3. The van der Waals surface area contributed by atoms with Gasteiger partial charge in [0.05, 0.1) is 6.29 Å². The Kier molecular flexibility index (Phi) is 12.8. The normalized spacial score (nSPS) is 10.2. The third-order valence-corrected chi connectivity index (χ3v) is 4.79. The van der Waals surface area contributed by atoms with Crippen molar-refractivity contribution in [3.8, 4) is 0 Å². The fourth-order valence-electron chi connectivity index (χ4n) is 3.12. The zero-order chi connectivity index (χ0) is 24.7. The molecular formula is C28H29CsN3O4-. The van der Waals surface area contributed by atoms with E-state index >= 15 is 0 Å². The van der Waals surface area contributed by atoms with Gasteiger partial charge >= 0.3 is 68.9 Å². The number of carbonyl (C=O) groups excluding carboxylic acids is 4. The van der Waals surface area contributed by atoms with Crippen LogP contribution < -0.4 is 84.8 Å². The Balaban J connectivity index is 0.00000324. The molecule has 8 heteroatoms. The topological polar surface area (TPSA) is 104 Å². The van der Waals surface area contributed by atoms with Gasteiger partial charge in [0.15, 0.2) is 0 Å². The van der Waals surface area contributed by atoms with Crippen molar-refractivity contribution in [2.45, 2.75) is 27.2 Å². The van der Waals surface area contributed by atoms with Gasteiger partial charge in [-0.3, -0.25) is 14.4 Å². The molecule has 0 radical (unpaired) electrons. The van der Waals surface area contributed by atoms with Crippen molar-refractivity contribution in [2.75, 3.05) is 16.0 Å². The van der Waals surface area contributed by atoms with Gasteiger partial charge in [0.25, 0.3) is 11.8 Å². The standard InChI is InChI=1S/C27H26N3O4.CH3.Cs/c1-27(2,3)16-24(32)28-21-12-6-19(7-13-21)26(34)30-23-14-8-20(9-15-23)25(33)29-22-10-4-18(17-31)5-11-22;;/h4-15H,16H2,1-3H3,(H,28,32)(H,29,33)(H,30,34);1H3;/q2*-1;+1. The molecule has 0 aliphatic rings. The second-order valence-electron chi connectivity index (χ2n) is 9.03. The van der Waals surface area contributed by atoms with E-state index < -0.39 is 0 Å². The number of anilines is 3. The summed E-state index contributed by atoms with van der Waals surface area (Å²) < 4.78 is 0. The summed E-state index contributed by atoms with van der Waals surface area (Å²) >= 11 is 0. The van der Waals surface area contributed by atoms with Gasteiger partial charge in [0.1, 0.15) is 0 Å². The molecule has 182 valence electrons. The van der Waals surface area contributed by atoms with E-state index in [-0.39, 0.29) is 99.5 Å². The Morgan fingerprint density at radius 2 is 1.03 bits per heavy atom. The second kappa shape index (κ2) is 14.5. The first-order valence-electron chi connectivity index (χ1n) is 10.7. The van der Waals surface area contributed by atoms with E-state index in [4.69, 9.17) is 0 Å². The van der Waals surface area contributed by atoms with Crippen molar-refractivity contribution in [1.29, 1.82) is 0 Å². The average molecular weight is 604 g/mol. The molecule has 0 spiro atoms. The first kappa shape index (κ1) is 31.8. The maximum atomic E-state index is 12.5. The maximum absolute atomic E-state index is 12.5. The van der Waals surface area contributed by atoms with Crippen LogP contribution in [0.25, 0.3) is 0 Å². The van der Waals surface area contributed by atoms with E-state index in [1.807, 2.05) is 20.8 Å². The number of carbonyl (C=O) groups is 3. The van der Waals surface area contributed by atoms with Gasteiger partial charge in [0, 0.05) is 34.6 Å². The zero-order valence-corrected chi connectivity index (χ0v) is 27.5. The number of amides is 3. The van der Waals surface area contributed by atoms with Crippen LogP contribution in [-0.4, -0.2) is 24.0 Å². The minimum absolute atomic E-state index is 0. The molecule has 0 saturated heterocycles. The average Bonchev–Trinajstić information content (AvgIpc) is 2.79. The summed E-state index contributed by atoms with van der Waals surface area (Å²) in [5, 5.41) is 8.35. The summed E-state index contributed by atoms with van der Waals surface area (Å²) in [7, 11) is 0. The largest absolute Gasteiger partial charge is 1.00 e. The Labute approximate surface area is 271 Å².